The van der Waals surface area contributed by atoms with Crippen LogP contribution in [0.5, 0.6) is 5.75 Å². The maximum Gasteiger partial charge on any atom is 0.410 e. The topological polar surface area (TPSA) is 50.8 Å². The molecule has 0 aromatic heterocycles. The Balaban J connectivity index is 2.11. The number of carbonyl (C=O) groups is 1. The van der Waals surface area contributed by atoms with Crippen molar-refractivity contribution in [3.63, 3.8) is 0 Å². The van der Waals surface area contributed by atoms with E-state index in [1.165, 1.54) is 19.2 Å². The second-order valence-corrected chi connectivity index (χ2v) is 6.07. The number of hydrogen-bond donors (Lipinski definition) is 1. The number of halogens is 3. The fourth-order valence-electron chi connectivity index (χ4n) is 3.29. The van der Waals surface area contributed by atoms with Crippen LogP contribution in [0, 0.1) is 0 Å². The first-order valence-corrected chi connectivity index (χ1v) is 8.24. The number of esters is 1. The zero-order valence-corrected chi connectivity index (χ0v) is 14.7. The molecule has 0 radical (unpaired) electrons. The van der Waals surface area contributed by atoms with Crippen LogP contribution in [-0.2, 0) is 9.53 Å². The van der Waals surface area contributed by atoms with Gasteiger partial charge in [0.15, 0.2) is 6.04 Å². The normalized spacial score (nSPS) is 22.6. The van der Waals surface area contributed by atoms with Crippen molar-refractivity contribution in [2.24, 2.45) is 0 Å². The third kappa shape index (κ3) is 3.71. The molecule has 0 saturated carbocycles. The Kier molecular flexibility index (Phi) is 5.27. The number of anilines is 1. The number of rotatable bonds is 4. The van der Waals surface area contributed by atoms with E-state index in [1.807, 2.05) is 0 Å². The summed E-state index contributed by atoms with van der Waals surface area (Å²) in [7, 11) is 2.55. The highest BCUT2D eigenvalue weighted by Crippen LogP contribution is 2.41. The molecule has 3 rings (SSSR count). The zero-order chi connectivity index (χ0) is 19.6. The number of ether oxygens (including phenoxy) is 2. The highest BCUT2D eigenvalue weighted by Gasteiger charge is 2.58. The van der Waals surface area contributed by atoms with E-state index in [1.54, 1.807) is 42.5 Å². The van der Waals surface area contributed by atoms with Gasteiger partial charge in [-0.3, -0.25) is 10.1 Å². The molecule has 0 aliphatic carbocycles. The highest BCUT2D eigenvalue weighted by molar-refractivity contribution is 5.79. The van der Waals surface area contributed by atoms with Crippen LogP contribution in [0.15, 0.2) is 54.6 Å². The van der Waals surface area contributed by atoms with Crippen molar-refractivity contribution in [1.82, 2.24) is 5.32 Å². The number of hydrogen-bond acceptors (Lipinski definition) is 5. The standard InChI is InChI=1S/C19H19F3N2O3/c1-26-14-10-8-13(9-11-14)24-16(19(20,21)22)15(18(25)27-2)23-17(24)12-6-4-3-5-7-12/h3-11,15-17,23H,1-2H3/t15-,16-,17-/m1/s1. The van der Waals surface area contributed by atoms with Crippen LogP contribution >= 0.6 is 0 Å². The van der Waals surface area contributed by atoms with Gasteiger partial charge in [-0.25, -0.2) is 0 Å². The SMILES string of the molecule is COC(=O)[C@@H]1N[C@@H](c2ccccc2)N(c2ccc(OC)cc2)[C@H]1C(F)(F)F. The van der Waals surface area contributed by atoms with Gasteiger partial charge < -0.3 is 14.4 Å². The average Bonchev–Trinajstić information content (AvgIpc) is 3.09. The van der Waals surface area contributed by atoms with Gasteiger partial charge in [0, 0.05) is 5.69 Å². The maximum atomic E-state index is 14.0. The summed E-state index contributed by atoms with van der Waals surface area (Å²) in [6.45, 7) is 0. The van der Waals surface area contributed by atoms with Crippen molar-refractivity contribution < 1.29 is 27.4 Å². The zero-order valence-electron chi connectivity index (χ0n) is 14.7. The van der Waals surface area contributed by atoms with E-state index in [0.717, 1.165) is 12.0 Å². The van der Waals surface area contributed by atoms with Gasteiger partial charge in [0.2, 0.25) is 0 Å². The lowest BCUT2D eigenvalue weighted by Gasteiger charge is -2.33. The quantitative estimate of drug-likeness (QED) is 0.825. The summed E-state index contributed by atoms with van der Waals surface area (Å²) in [5, 5.41) is 2.79. The van der Waals surface area contributed by atoms with E-state index in [0.29, 0.717) is 17.0 Å². The van der Waals surface area contributed by atoms with Crippen LogP contribution in [0.1, 0.15) is 11.7 Å². The maximum absolute atomic E-state index is 14.0. The Hall–Kier alpha value is -2.74. The highest BCUT2D eigenvalue weighted by atomic mass is 19.4. The lowest BCUT2D eigenvalue weighted by Crippen LogP contribution is -2.51. The third-order valence-corrected chi connectivity index (χ3v) is 4.51. The largest absolute Gasteiger partial charge is 0.497 e. The van der Waals surface area contributed by atoms with Crippen molar-refractivity contribution in [1.29, 1.82) is 0 Å². The van der Waals surface area contributed by atoms with E-state index in [9.17, 15) is 18.0 Å². The molecule has 0 spiro atoms. The molecule has 27 heavy (non-hydrogen) atoms. The summed E-state index contributed by atoms with van der Waals surface area (Å²) in [5.41, 5.74) is 0.917. The molecule has 5 nitrogen and oxygen atoms in total. The van der Waals surface area contributed by atoms with Crippen molar-refractivity contribution in [3.05, 3.63) is 60.2 Å². The summed E-state index contributed by atoms with van der Waals surface area (Å²) in [6.07, 6.45) is -5.51. The molecule has 1 saturated heterocycles. The van der Waals surface area contributed by atoms with Gasteiger partial charge in [0.25, 0.3) is 0 Å². The molecule has 2 aromatic carbocycles. The molecule has 1 aliphatic rings. The number of methoxy groups -OCH3 is 2. The first-order chi connectivity index (χ1) is 12.9. The number of benzene rings is 2. The number of nitrogens with one attached hydrogen (secondary N) is 1. The lowest BCUT2D eigenvalue weighted by molar-refractivity contribution is -0.164. The van der Waals surface area contributed by atoms with Gasteiger partial charge in [-0.15, -0.1) is 0 Å². The summed E-state index contributed by atoms with van der Waals surface area (Å²) >= 11 is 0. The molecule has 3 atom stereocenters. The van der Waals surface area contributed by atoms with Gasteiger partial charge in [-0.1, -0.05) is 30.3 Å². The van der Waals surface area contributed by atoms with E-state index >= 15 is 0 Å². The van der Waals surface area contributed by atoms with Crippen molar-refractivity contribution >= 4 is 11.7 Å². The molecule has 8 heteroatoms. The predicted octanol–water partition coefficient (Wildman–Crippen LogP) is 3.28. The van der Waals surface area contributed by atoms with Gasteiger partial charge in [0.05, 0.1) is 14.2 Å². The Morgan fingerprint density at radius 2 is 1.67 bits per heavy atom. The van der Waals surface area contributed by atoms with Crippen LogP contribution in [0.4, 0.5) is 18.9 Å². The smallest absolute Gasteiger partial charge is 0.410 e. The summed E-state index contributed by atoms with van der Waals surface area (Å²) < 4.78 is 51.6. The Labute approximate surface area is 154 Å². The van der Waals surface area contributed by atoms with E-state index in [-0.39, 0.29) is 0 Å². The Morgan fingerprint density at radius 1 is 1.04 bits per heavy atom. The second-order valence-electron chi connectivity index (χ2n) is 6.07. The van der Waals surface area contributed by atoms with Crippen molar-refractivity contribution in [2.75, 3.05) is 19.1 Å². The van der Waals surface area contributed by atoms with Crippen LogP contribution in [0.2, 0.25) is 0 Å². The summed E-state index contributed by atoms with van der Waals surface area (Å²) in [4.78, 5) is 13.3. The first kappa shape index (κ1) is 19.0. The molecule has 2 aromatic rings. The van der Waals surface area contributed by atoms with Crippen LogP contribution < -0.4 is 15.0 Å². The molecule has 0 bridgehead atoms. The van der Waals surface area contributed by atoms with Crippen molar-refractivity contribution in [3.8, 4) is 5.75 Å². The minimum Gasteiger partial charge on any atom is -0.497 e. The van der Waals surface area contributed by atoms with E-state index in [4.69, 9.17) is 4.74 Å². The first-order valence-electron chi connectivity index (χ1n) is 8.24. The molecule has 1 aliphatic heterocycles. The molecule has 0 unspecified atom stereocenters. The fourth-order valence-corrected chi connectivity index (χ4v) is 3.29. The fraction of sp³-hybridized carbons (Fsp3) is 0.316. The molecule has 1 heterocycles. The molecular weight excluding hydrogens is 361 g/mol. The molecular formula is C19H19F3N2O3. The average molecular weight is 380 g/mol. The lowest BCUT2D eigenvalue weighted by atomic mass is 10.1. The molecule has 1 N–H and O–H groups in total. The molecule has 1 fully saturated rings. The van der Waals surface area contributed by atoms with Crippen LogP contribution in [0.3, 0.4) is 0 Å². The number of carbonyl (C=O) groups excluding carboxylic acids is 1. The van der Waals surface area contributed by atoms with Gasteiger partial charge in [-0.2, -0.15) is 13.2 Å². The van der Waals surface area contributed by atoms with E-state index in [2.05, 4.69) is 10.1 Å². The summed E-state index contributed by atoms with van der Waals surface area (Å²) in [6, 6.07) is 11.3. The molecule has 0 amide bonds. The third-order valence-electron chi connectivity index (χ3n) is 4.51. The van der Waals surface area contributed by atoms with E-state index < -0.39 is 30.4 Å². The van der Waals surface area contributed by atoms with Gasteiger partial charge in [0.1, 0.15) is 18.0 Å². The Morgan fingerprint density at radius 3 is 2.19 bits per heavy atom. The van der Waals surface area contributed by atoms with Gasteiger partial charge >= 0.3 is 12.1 Å². The van der Waals surface area contributed by atoms with Crippen molar-refractivity contribution in [2.45, 2.75) is 24.4 Å². The number of nitrogens with zero attached hydrogens (tertiary/aromatic N) is 1. The van der Waals surface area contributed by atoms with Crippen LogP contribution in [0.25, 0.3) is 0 Å². The van der Waals surface area contributed by atoms with Crippen LogP contribution in [-0.4, -0.2) is 38.4 Å². The monoisotopic (exact) mass is 380 g/mol. The molecule has 144 valence electrons. The summed E-state index contributed by atoms with van der Waals surface area (Å²) in [5.74, 6) is -0.440. The minimum absolute atomic E-state index is 0.311. The Bertz CT molecular complexity index is 781. The predicted molar refractivity (Wildman–Crippen MR) is 93.4 cm³/mol. The second kappa shape index (κ2) is 7.48. The number of alkyl halides is 3. The van der Waals surface area contributed by atoms with Gasteiger partial charge in [-0.05, 0) is 29.8 Å². The minimum atomic E-state index is -4.66.